The molecule has 0 radical (unpaired) electrons. The lowest BCUT2D eigenvalue weighted by Gasteiger charge is -2.31. The molecule has 1 rings (SSSR count). The number of carbonyl (C=O) groups is 1. The van der Waals surface area contributed by atoms with E-state index in [9.17, 15) is 9.90 Å². The maximum absolute atomic E-state index is 10.1. The van der Waals surface area contributed by atoms with Crippen molar-refractivity contribution in [2.75, 3.05) is 13.2 Å². The van der Waals surface area contributed by atoms with E-state index in [0.29, 0.717) is 25.4 Å². The molecule has 1 heterocycles. The molecule has 0 amide bonds. The van der Waals surface area contributed by atoms with Crippen molar-refractivity contribution in [2.24, 2.45) is 11.8 Å². The molecule has 0 aromatic heterocycles. The Bertz CT molecular complexity index is 189. The molecule has 3 unspecified atom stereocenters. The van der Waals surface area contributed by atoms with Gasteiger partial charge in [-0.15, -0.1) is 0 Å². The van der Waals surface area contributed by atoms with Crippen LogP contribution in [0.25, 0.3) is 0 Å². The van der Waals surface area contributed by atoms with Crippen LogP contribution in [0.2, 0.25) is 0 Å². The summed E-state index contributed by atoms with van der Waals surface area (Å²) in [6.07, 6.45) is 3.95. The third-order valence-corrected chi connectivity index (χ3v) is 2.53. The minimum atomic E-state index is -0.510. The average molecular weight is 184 g/mol. The zero-order valence-corrected chi connectivity index (χ0v) is 7.85. The minimum absolute atomic E-state index is 0.227. The van der Waals surface area contributed by atoms with Gasteiger partial charge in [-0.3, -0.25) is 4.79 Å². The Labute approximate surface area is 78.4 Å². The number of carbonyl (C=O) groups excluding carboxylic acids is 1. The van der Waals surface area contributed by atoms with Crippen molar-refractivity contribution >= 4 is 6.29 Å². The van der Waals surface area contributed by atoms with Crippen LogP contribution in [0.15, 0.2) is 12.2 Å². The number of aldehydes is 1. The van der Waals surface area contributed by atoms with Crippen LogP contribution in [0.1, 0.15) is 13.3 Å². The molecule has 1 aliphatic rings. The van der Waals surface area contributed by atoms with E-state index in [4.69, 9.17) is 4.74 Å². The van der Waals surface area contributed by atoms with Gasteiger partial charge < -0.3 is 9.84 Å². The van der Waals surface area contributed by atoms with E-state index < -0.39 is 6.10 Å². The summed E-state index contributed by atoms with van der Waals surface area (Å²) in [5, 5.41) is 9.67. The van der Waals surface area contributed by atoms with Crippen LogP contribution in [-0.4, -0.2) is 30.7 Å². The third-order valence-electron chi connectivity index (χ3n) is 2.53. The molecule has 1 aliphatic heterocycles. The summed E-state index contributed by atoms with van der Waals surface area (Å²) >= 11 is 0. The first-order valence-corrected chi connectivity index (χ1v) is 4.63. The minimum Gasteiger partial charge on any atom is -0.389 e. The van der Waals surface area contributed by atoms with E-state index in [0.717, 1.165) is 6.42 Å². The molecule has 74 valence electrons. The van der Waals surface area contributed by atoms with Gasteiger partial charge in [-0.05, 0) is 24.3 Å². The number of aliphatic hydroxyl groups excluding tert-OH is 1. The Morgan fingerprint density at radius 1 is 1.62 bits per heavy atom. The molecular weight excluding hydrogens is 168 g/mol. The van der Waals surface area contributed by atoms with Crippen LogP contribution in [0, 0.1) is 11.8 Å². The van der Waals surface area contributed by atoms with E-state index in [-0.39, 0.29) is 5.92 Å². The molecule has 3 nitrogen and oxygen atoms in total. The van der Waals surface area contributed by atoms with Gasteiger partial charge in [0, 0.05) is 13.2 Å². The number of hydrogen-bond acceptors (Lipinski definition) is 3. The quantitative estimate of drug-likeness (QED) is 0.520. The summed E-state index contributed by atoms with van der Waals surface area (Å²) in [6.45, 7) is 3.47. The average Bonchev–Trinajstić information content (AvgIpc) is 2.15. The van der Waals surface area contributed by atoms with Gasteiger partial charge >= 0.3 is 0 Å². The van der Waals surface area contributed by atoms with E-state index in [1.54, 1.807) is 6.08 Å². The van der Waals surface area contributed by atoms with Crippen molar-refractivity contribution in [1.82, 2.24) is 0 Å². The van der Waals surface area contributed by atoms with Gasteiger partial charge in [0.15, 0.2) is 0 Å². The van der Waals surface area contributed by atoms with Gasteiger partial charge in [0.1, 0.15) is 6.29 Å². The highest BCUT2D eigenvalue weighted by molar-refractivity contribution is 5.64. The summed E-state index contributed by atoms with van der Waals surface area (Å²) in [5.74, 6) is 0.588. The van der Waals surface area contributed by atoms with Gasteiger partial charge in [0.2, 0.25) is 0 Å². The van der Waals surface area contributed by atoms with Gasteiger partial charge in [-0.25, -0.2) is 0 Å². The van der Waals surface area contributed by atoms with Crippen LogP contribution in [0.5, 0.6) is 0 Å². The summed E-state index contributed by atoms with van der Waals surface area (Å²) in [7, 11) is 0. The summed E-state index contributed by atoms with van der Waals surface area (Å²) in [4.78, 5) is 10.1. The first kappa shape index (κ1) is 10.4. The number of aliphatic hydroxyl groups is 1. The van der Waals surface area contributed by atoms with E-state index in [1.807, 2.05) is 0 Å². The number of ether oxygens (including phenoxy) is 1. The summed E-state index contributed by atoms with van der Waals surface area (Å²) < 4.78 is 5.26. The van der Waals surface area contributed by atoms with Crippen molar-refractivity contribution in [3.05, 3.63) is 12.2 Å². The molecule has 13 heavy (non-hydrogen) atoms. The summed E-state index contributed by atoms with van der Waals surface area (Å²) in [5.41, 5.74) is 0. The highest BCUT2D eigenvalue weighted by atomic mass is 16.5. The lowest BCUT2D eigenvalue weighted by Crippen LogP contribution is -2.33. The van der Waals surface area contributed by atoms with Crippen molar-refractivity contribution in [1.29, 1.82) is 0 Å². The van der Waals surface area contributed by atoms with Gasteiger partial charge in [0.25, 0.3) is 0 Å². The highest BCUT2D eigenvalue weighted by Crippen LogP contribution is 2.25. The normalized spacial score (nSPS) is 31.8. The van der Waals surface area contributed by atoms with Gasteiger partial charge in [-0.2, -0.15) is 0 Å². The topological polar surface area (TPSA) is 46.5 Å². The second kappa shape index (κ2) is 5.14. The predicted molar refractivity (Wildman–Crippen MR) is 49.3 cm³/mol. The molecule has 0 bridgehead atoms. The molecule has 0 aromatic rings. The smallest absolute Gasteiger partial charge is 0.142 e. The fraction of sp³-hybridized carbons (Fsp3) is 0.700. The molecule has 3 heteroatoms. The van der Waals surface area contributed by atoms with E-state index >= 15 is 0 Å². The standard InChI is InChI=1S/C10H16O3/c1-8-7-13-6-4-9(8)10(12)3-2-5-11/h2-3,5,8-10,12H,4,6-7H2,1H3. The lowest BCUT2D eigenvalue weighted by atomic mass is 9.85. The molecule has 1 fully saturated rings. The Kier molecular flexibility index (Phi) is 4.12. The Morgan fingerprint density at radius 2 is 2.38 bits per heavy atom. The number of hydrogen-bond donors (Lipinski definition) is 1. The van der Waals surface area contributed by atoms with E-state index in [1.165, 1.54) is 6.08 Å². The fourth-order valence-electron chi connectivity index (χ4n) is 1.71. The second-order valence-corrected chi connectivity index (χ2v) is 3.52. The lowest BCUT2D eigenvalue weighted by molar-refractivity contribution is -0.104. The highest BCUT2D eigenvalue weighted by Gasteiger charge is 2.26. The largest absolute Gasteiger partial charge is 0.389 e. The van der Waals surface area contributed by atoms with E-state index in [2.05, 4.69) is 6.92 Å². The van der Waals surface area contributed by atoms with Crippen LogP contribution < -0.4 is 0 Å². The van der Waals surface area contributed by atoms with Crippen LogP contribution in [0.4, 0.5) is 0 Å². The first-order chi connectivity index (χ1) is 6.25. The Hall–Kier alpha value is -0.670. The fourth-order valence-corrected chi connectivity index (χ4v) is 1.71. The molecule has 0 spiro atoms. The SMILES string of the molecule is CC1COCCC1C(O)C=CC=O. The van der Waals surface area contributed by atoms with Crippen molar-refractivity contribution in [3.63, 3.8) is 0 Å². The predicted octanol–water partition coefficient (Wildman–Crippen LogP) is 0.775. The van der Waals surface area contributed by atoms with Crippen molar-refractivity contribution < 1.29 is 14.6 Å². The molecule has 0 aromatic carbocycles. The Morgan fingerprint density at radius 3 is 3.00 bits per heavy atom. The zero-order valence-electron chi connectivity index (χ0n) is 7.85. The Balaban J connectivity index is 2.47. The number of allylic oxidation sites excluding steroid dienone is 1. The third kappa shape index (κ3) is 2.94. The zero-order chi connectivity index (χ0) is 9.68. The molecular formula is C10H16O3. The maximum atomic E-state index is 10.1. The van der Waals surface area contributed by atoms with Crippen molar-refractivity contribution in [3.8, 4) is 0 Å². The van der Waals surface area contributed by atoms with Crippen molar-refractivity contribution in [2.45, 2.75) is 19.4 Å². The monoisotopic (exact) mass is 184 g/mol. The molecule has 0 saturated carbocycles. The van der Waals surface area contributed by atoms with Gasteiger partial charge in [-0.1, -0.05) is 13.0 Å². The van der Waals surface area contributed by atoms with Crippen LogP contribution >= 0.6 is 0 Å². The summed E-state index contributed by atoms with van der Waals surface area (Å²) in [6, 6.07) is 0. The van der Waals surface area contributed by atoms with Crippen LogP contribution in [-0.2, 0) is 9.53 Å². The number of rotatable bonds is 3. The molecule has 1 saturated heterocycles. The molecule has 0 aliphatic carbocycles. The maximum Gasteiger partial charge on any atom is 0.142 e. The molecule has 3 atom stereocenters. The molecule has 1 N–H and O–H groups in total. The first-order valence-electron chi connectivity index (χ1n) is 4.63. The van der Waals surface area contributed by atoms with Crippen LogP contribution in [0.3, 0.4) is 0 Å². The second-order valence-electron chi connectivity index (χ2n) is 3.52. The van der Waals surface area contributed by atoms with Gasteiger partial charge in [0.05, 0.1) is 6.10 Å².